The zero-order valence-corrected chi connectivity index (χ0v) is 12.1. The first-order chi connectivity index (χ1) is 8.85. The third kappa shape index (κ3) is 3.72. The summed E-state index contributed by atoms with van der Waals surface area (Å²) >= 11 is 0. The number of nitrogen functional groups attached to an aromatic ring is 1. The van der Waals surface area contributed by atoms with Gasteiger partial charge in [-0.25, -0.2) is 0 Å². The number of likely N-dealkylation sites (tertiary alicyclic amines) is 1. The van der Waals surface area contributed by atoms with Crippen LogP contribution in [0.1, 0.15) is 46.1 Å². The van der Waals surface area contributed by atoms with Gasteiger partial charge in [0.05, 0.1) is 6.04 Å². The van der Waals surface area contributed by atoms with Crippen LogP contribution in [0.4, 0.5) is 5.82 Å². The largest absolute Gasteiger partial charge is 0.382 e. The quantitative estimate of drug-likeness (QED) is 0.889. The van der Waals surface area contributed by atoms with Gasteiger partial charge in [0.15, 0.2) is 0 Å². The van der Waals surface area contributed by atoms with Crippen LogP contribution in [0.5, 0.6) is 0 Å². The molecule has 2 N–H and O–H groups in total. The minimum Gasteiger partial charge on any atom is -0.382 e. The lowest BCUT2D eigenvalue weighted by Gasteiger charge is -2.33. The number of carbonyl (C=O) groups excluding carboxylic acids is 1. The highest BCUT2D eigenvalue weighted by Gasteiger charge is 2.26. The molecule has 2 rings (SSSR count). The van der Waals surface area contributed by atoms with Crippen LogP contribution in [0, 0.1) is 5.41 Å². The highest BCUT2D eigenvalue weighted by Crippen LogP contribution is 2.25. The Morgan fingerprint density at radius 1 is 1.42 bits per heavy atom. The van der Waals surface area contributed by atoms with Gasteiger partial charge in [-0.15, -0.1) is 0 Å². The standard InChI is InChI=1S/C14H24N4O/c1-14(2,3)10-13(19)17-7-4-11(5-8-17)18-9-6-12(15)16-18/h6,9,11H,4-5,7-8,10H2,1-3H3,(H2,15,16). The molecule has 0 radical (unpaired) electrons. The van der Waals surface area contributed by atoms with Crippen molar-refractivity contribution in [2.45, 2.75) is 46.1 Å². The molecule has 1 saturated heterocycles. The number of hydrogen-bond acceptors (Lipinski definition) is 3. The molecule has 1 aliphatic rings. The van der Waals surface area contributed by atoms with Crippen molar-refractivity contribution in [3.8, 4) is 0 Å². The van der Waals surface area contributed by atoms with Crippen LogP contribution in [0.2, 0.25) is 0 Å². The zero-order valence-electron chi connectivity index (χ0n) is 12.1. The van der Waals surface area contributed by atoms with E-state index in [4.69, 9.17) is 5.73 Å². The van der Waals surface area contributed by atoms with Crippen LogP contribution in [-0.4, -0.2) is 33.7 Å². The SMILES string of the molecule is CC(C)(C)CC(=O)N1CCC(n2ccc(N)n2)CC1. The lowest BCUT2D eigenvalue weighted by molar-refractivity contribution is -0.134. The van der Waals surface area contributed by atoms with Crippen molar-refractivity contribution in [1.29, 1.82) is 0 Å². The van der Waals surface area contributed by atoms with E-state index in [0.717, 1.165) is 25.9 Å². The minimum atomic E-state index is 0.0599. The first-order valence-corrected chi connectivity index (χ1v) is 6.93. The van der Waals surface area contributed by atoms with Gasteiger partial charge in [0.25, 0.3) is 0 Å². The normalized spacial score (nSPS) is 17.7. The number of hydrogen-bond donors (Lipinski definition) is 1. The summed E-state index contributed by atoms with van der Waals surface area (Å²) in [5.41, 5.74) is 5.69. The van der Waals surface area contributed by atoms with Crippen LogP contribution in [-0.2, 0) is 4.79 Å². The monoisotopic (exact) mass is 264 g/mol. The molecule has 2 heterocycles. The summed E-state index contributed by atoms with van der Waals surface area (Å²) in [5, 5.41) is 4.25. The maximum Gasteiger partial charge on any atom is 0.223 e. The molecule has 0 aromatic carbocycles. The fraction of sp³-hybridized carbons (Fsp3) is 0.714. The summed E-state index contributed by atoms with van der Waals surface area (Å²) in [5.74, 6) is 0.831. The summed E-state index contributed by atoms with van der Waals surface area (Å²) in [6, 6.07) is 2.19. The van der Waals surface area contributed by atoms with Crippen molar-refractivity contribution in [3.63, 3.8) is 0 Å². The highest BCUT2D eigenvalue weighted by atomic mass is 16.2. The van der Waals surface area contributed by atoms with E-state index in [2.05, 4.69) is 25.9 Å². The maximum absolute atomic E-state index is 12.1. The average molecular weight is 264 g/mol. The second kappa shape index (κ2) is 5.23. The molecule has 5 nitrogen and oxygen atoms in total. The molecule has 0 saturated carbocycles. The predicted octanol–water partition coefficient (Wildman–Crippen LogP) is 2.07. The molecule has 5 heteroatoms. The number of nitrogens with zero attached hydrogens (tertiary/aromatic N) is 3. The molecule has 1 amide bonds. The summed E-state index contributed by atoms with van der Waals surface area (Å²) in [4.78, 5) is 14.1. The Kier molecular flexibility index (Phi) is 3.83. The van der Waals surface area contributed by atoms with E-state index in [9.17, 15) is 4.79 Å². The van der Waals surface area contributed by atoms with E-state index in [1.165, 1.54) is 0 Å². The van der Waals surface area contributed by atoms with E-state index in [1.54, 1.807) is 0 Å². The van der Waals surface area contributed by atoms with Crippen LogP contribution >= 0.6 is 0 Å². The third-order valence-electron chi connectivity index (χ3n) is 3.50. The van der Waals surface area contributed by atoms with Gasteiger partial charge < -0.3 is 10.6 Å². The molecule has 1 aromatic rings. The molecule has 1 fully saturated rings. The van der Waals surface area contributed by atoms with E-state index in [1.807, 2.05) is 21.8 Å². The topological polar surface area (TPSA) is 64.2 Å². The zero-order chi connectivity index (χ0) is 14.0. The first-order valence-electron chi connectivity index (χ1n) is 6.93. The van der Waals surface area contributed by atoms with Gasteiger partial charge in [0.2, 0.25) is 5.91 Å². The van der Waals surface area contributed by atoms with Gasteiger partial charge >= 0.3 is 0 Å². The molecule has 0 bridgehead atoms. The summed E-state index contributed by atoms with van der Waals surface area (Å²) in [6.45, 7) is 7.94. The van der Waals surface area contributed by atoms with Gasteiger partial charge in [-0.3, -0.25) is 9.48 Å². The smallest absolute Gasteiger partial charge is 0.223 e. The van der Waals surface area contributed by atoms with Gasteiger partial charge in [-0.05, 0) is 24.3 Å². The Balaban J connectivity index is 1.87. The minimum absolute atomic E-state index is 0.0599. The van der Waals surface area contributed by atoms with E-state index < -0.39 is 0 Å². The Morgan fingerprint density at radius 2 is 2.05 bits per heavy atom. The van der Waals surface area contributed by atoms with Crippen molar-refractivity contribution < 1.29 is 4.79 Å². The molecule has 0 aliphatic carbocycles. The van der Waals surface area contributed by atoms with E-state index in [-0.39, 0.29) is 11.3 Å². The summed E-state index contributed by atoms with van der Waals surface area (Å²) in [6.07, 6.45) is 4.45. The van der Waals surface area contributed by atoms with Crippen LogP contribution < -0.4 is 5.73 Å². The molecule has 106 valence electrons. The molecule has 0 atom stereocenters. The number of amides is 1. The number of carbonyl (C=O) groups is 1. The van der Waals surface area contributed by atoms with E-state index >= 15 is 0 Å². The number of nitrogens with two attached hydrogens (primary N) is 1. The van der Waals surface area contributed by atoms with Crippen molar-refractivity contribution in [2.75, 3.05) is 18.8 Å². The summed E-state index contributed by atoms with van der Waals surface area (Å²) < 4.78 is 1.93. The Labute approximate surface area is 114 Å². The predicted molar refractivity (Wildman–Crippen MR) is 75.6 cm³/mol. The van der Waals surface area contributed by atoms with Crippen molar-refractivity contribution in [2.24, 2.45) is 5.41 Å². The Morgan fingerprint density at radius 3 is 2.53 bits per heavy atom. The second-order valence-electron chi connectivity index (χ2n) is 6.57. The number of rotatable bonds is 2. The number of anilines is 1. The van der Waals surface area contributed by atoms with Crippen molar-refractivity contribution in [3.05, 3.63) is 12.3 Å². The average Bonchev–Trinajstić information content (AvgIpc) is 2.74. The van der Waals surface area contributed by atoms with E-state index in [0.29, 0.717) is 18.3 Å². The van der Waals surface area contributed by atoms with Crippen LogP contribution in [0.15, 0.2) is 12.3 Å². The number of aromatic nitrogens is 2. The summed E-state index contributed by atoms with van der Waals surface area (Å²) in [7, 11) is 0. The van der Waals surface area contributed by atoms with Crippen molar-refractivity contribution >= 4 is 11.7 Å². The van der Waals surface area contributed by atoms with Gasteiger partial charge in [0.1, 0.15) is 5.82 Å². The van der Waals surface area contributed by atoms with Crippen molar-refractivity contribution in [1.82, 2.24) is 14.7 Å². The molecule has 0 unspecified atom stereocenters. The first kappa shape index (κ1) is 13.9. The Hall–Kier alpha value is -1.52. The molecule has 1 aromatic heterocycles. The van der Waals surface area contributed by atoms with Gasteiger partial charge in [0, 0.05) is 25.7 Å². The Bertz CT molecular complexity index is 439. The molecular formula is C14H24N4O. The molecule has 1 aliphatic heterocycles. The second-order valence-corrected chi connectivity index (χ2v) is 6.57. The van der Waals surface area contributed by atoms with Gasteiger partial charge in [-0.2, -0.15) is 5.10 Å². The lowest BCUT2D eigenvalue weighted by atomic mass is 9.91. The number of piperidine rings is 1. The fourth-order valence-electron chi connectivity index (χ4n) is 2.50. The lowest BCUT2D eigenvalue weighted by Crippen LogP contribution is -2.40. The maximum atomic E-state index is 12.1. The van der Waals surface area contributed by atoms with Crippen LogP contribution in [0.25, 0.3) is 0 Å². The van der Waals surface area contributed by atoms with Gasteiger partial charge in [-0.1, -0.05) is 20.8 Å². The third-order valence-corrected chi connectivity index (χ3v) is 3.50. The van der Waals surface area contributed by atoms with Crippen LogP contribution in [0.3, 0.4) is 0 Å². The highest BCUT2D eigenvalue weighted by molar-refractivity contribution is 5.76. The molecular weight excluding hydrogens is 240 g/mol. The molecule has 0 spiro atoms. The molecule has 19 heavy (non-hydrogen) atoms. The fourth-order valence-corrected chi connectivity index (χ4v) is 2.50.